The summed E-state index contributed by atoms with van der Waals surface area (Å²) in [6.07, 6.45) is 2.30. The van der Waals surface area contributed by atoms with Gasteiger partial charge in [-0.15, -0.1) is 0 Å². The predicted octanol–water partition coefficient (Wildman–Crippen LogP) is 1.50. The van der Waals surface area contributed by atoms with Gasteiger partial charge in [-0.25, -0.2) is 4.99 Å². The number of carbonyl (C=O) groups excluding carboxylic acids is 1. The van der Waals surface area contributed by atoms with Crippen LogP contribution in [0.2, 0.25) is 0 Å². The lowest BCUT2D eigenvalue weighted by Crippen LogP contribution is -2.16. The van der Waals surface area contributed by atoms with Crippen molar-refractivity contribution < 1.29 is 4.79 Å². The number of aromatic amines is 1. The van der Waals surface area contributed by atoms with Crippen molar-refractivity contribution in [3.63, 3.8) is 0 Å². The Labute approximate surface area is 118 Å². The molecule has 0 saturated carbocycles. The number of benzene rings is 1. The van der Waals surface area contributed by atoms with Crippen molar-refractivity contribution in [2.45, 2.75) is 0 Å². The smallest absolute Gasteiger partial charge is 0.149 e. The van der Waals surface area contributed by atoms with Gasteiger partial charge in [-0.2, -0.15) is 0 Å². The highest BCUT2D eigenvalue weighted by molar-refractivity contribution is 7.47. The Morgan fingerprint density at radius 3 is 2.80 bits per heavy atom. The van der Waals surface area contributed by atoms with E-state index in [0.717, 1.165) is 29.2 Å². The van der Waals surface area contributed by atoms with Gasteiger partial charge in [0.1, 0.15) is 18.5 Å². The van der Waals surface area contributed by atoms with Crippen molar-refractivity contribution >= 4 is 32.5 Å². The minimum absolute atomic E-state index is 0.265. The zero-order valence-corrected chi connectivity index (χ0v) is 11.8. The number of amidine groups is 1. The largest absolute Gasteiger partial charge is 0.382 e. The Bertz CT molecular complexity index is 634. The number of aliphatic imine (C=N–C) groups is 1. The summed E-state index contributed by atoms with van der Waals surface area (Å²) in [7, 11) is 0.370. The molecule has 4 N–H and O–H groups in total. The zero-order chi connectivity index (χ0) is 14.4. The molecule has 0 saturated heterocycles. The normalized spacial score (nSPS) is 11.9. The molecular formula is C14H15N4OP. The Morgan fingerprint density at radius 1 is 1.40 bits per heavy atom. The van der Waals surface area contributed by atoms with Gasteiger partial charge in [0.25, 0.3) is 0 Å². The van der Waals surface area contributed by atoms with E-state index in [1.54, 1.807) is 0 Å². The number of nitrogens with zero attached hydrogens (tertiary/aromatic N) is 1. The van der Waals surface area contributed by atoms with E-state index in [-0.39, 0.29) is 5.84 Å². The maximum atomic E-state index is 10.5. The average molecular weight is 286 g/mol. The van der Waals surface area contributed by atoms with Gasteiger partial charge in [-0.1, -0.05) is 38.9 Å². The van der Waals surface area contributed by atoms with E-state index in [1.165, 1.54) is 0 Å². The van der Waals surface area contributed by atoms with Crippen molar-refractivity contribution in [1.82, 2.24) is 4.98 Å². The molecule has 5 nitrogen and oxygen atoms in total. The maximum absolute atomic E-state index is 10.5. The Hall–Kier alpha value is -2.26. The monoisotopic (exact) mass is 286 g/mol. The summed E-state index contributed by atoms with van der Waals surface area (Å²) < 4.78 is 0. The summed E-state index contributed by atoms with van der Waals surface area (Å²) in [5.41, 5.74) is 9.48. The zero-order valence-electron chi connectivity index (χ0n) is 10.8. The highest BCUT2D eigenvalue weighted by atomic mass is 31.1. The second-order valence-electron chi connectivity index (χ2n) is 4.03. The molecule has 6 heteroatoms. The van der Waals surface area contributed by atoms with Gasteiger partial charge in [-0.05, 0) is 11.6 Å². The number of nitrogens with one attached hydrogen (secondary N) is 2. The molecule has 0 spiro atoms. The van der Waals surface area contributed by atoms with Crippen LogP contribution in [0.3, 0.4) is 0 Å². The van der Waals surface area contributed by atoms with Crippen LogP contribution >= 0.6 is 8.58 Å². The molecule has 0 aliphatic carbocycles. The number of rotatable bonds is 6. The van der Waals surface area contributed by atoms with Crippen LogP contribution in [0.4, 0.5) is 0 Å². The van der Waals surface area contributed by atoms with Crippen molar-refractivity contribution in [2.24, 2.45) is 10.7 Å². The molecule has 1 aromatic heterocycles. The van der Waals surface area contributed by atoms with Crippen LogP contribution in [0.1, 0.15) is 5.69 Å². The topological polar surface area (TPSA) is 95.1 Å². The van der Waals surface area contributed by atoms with Crippen LogP contribution in [-0.2, 0) is 4.79 Å². The van der Waals surface area contributed by atoms with Crippen molar-refractivity contribution in [1.29, 1.82) is 5.41 Å². The third-order valence-corrected chi connectivity index (χ3v) is 3.76. The number of nitrogens with two attached hydrogens (primary N) is 1. The van der Waals surface area contributed by atoms with E-state index < -0.39 is 0 Å². The molecule has 102 valence electrons. The molecule has 2 aromatic rings. The molecule has 0 fully saturated rings. The van der Waals surface area contributed by atoms with Crippen LogP contribution < -0.4 is 11.2 Å². The van der Waals surface area contributed by atoms with Crippen LogP contribution in [0.5, 0.6) is 0 Å². The molecule has 0 aliphatic rings. The predicted molar refractivity (Wildman–Crippen MR) is 84.6 cm³/mol. The first-order valence-electron chi connectivity index (χ1n) is 6.04. The van der Waals surface area contributed by atoms with Gasteiger partial charge in [0.05, 0.1) is 5.69 Å². The lowest BCUT2D eigenvalue weighted by Gasteiger charge is -2.02. The summed E-state index contributed by atoms with van der Waals surface area (Å²) in [6, 6.07) is 11.8. The second-order valence-corrected chi connectivity index (χ2v) is 5.33. The molecule has 0 radical (unpaired) electrons. The fourth-order valence-corrected chi connectivity index (χ4v) is 2.65. The summed E-state index contributed by atoms with van der Waals surface area (Å²) in [4.78, 5) is 17.5. The molecule has 1 atom stereocenters. The number of carbonyl (C=O) groups is 1. The lowest BCUT2D eigenvalue weighted by atomic mass is 10.1. The number of hydrogen-bond donors (Lipinski definition) is 3. The van der Waals surface area contributed by atoms with E-state index in [1.807, 2.05) is 36.4 Å². The Balaban J connectivity index is 2.47. The summed E-state index contributed by atoms with van der Waals surface area (Å²) in [5.74, 6) is 0.265. The van der Waals surface area contributed by atoms with Crippen molar-refractivity contribution in [3.8, 4) is 11.1 Å². The SMILES string of the molecule is N=C/N=C(/N)c1[nH]c(PCC=O)cc1-c1ccccc1. The van der Waals surface area contributed by atoms with Gasteiger partial charge in [0.2, 0.25) is 0 Å². The van der Waals surface area contributed by atoms with Gasteiger partial charge >= 0.3 is 0 Å². The first-order chi connectivity index (χ1) is 9.76. The lowest BCUT2D eigenvalue weighted by molar-refractivity contribution is -0.105. The molecule has 1 heterocycles. The maximum Gasteiger partial charge on any atom is 0.149 e. The molecule has 1 unspecified atom stereocenters. The highest BCUT2D eigenvalue weighted by Crippen LogP contribution is 2.24. The number of aromatic nitrogens is 1. The summed E-state index contributed by atoms with van der Waals surface area (Å²) in [5, 5.41) is 7.02. The minimum atomic E-state index is 0.265. The Morgan fingerprint density at radius 2 is 2.15 bits per heavy atom. The third-order valence-electron chi connectivity index (χ3n) is 2.74. The standard InChI is InChI=1S/C14H15N4OP/c15-9-17-14(16)13-11(10-4-2-1-3-5-10)8-12(18-13)20-7-6-19/h1-6,8-9,18,20H,7H2,(H3,15,16,17). The Kier molecular flexibility index (Phi) is 4.80. The van der Waals surface area contributed by atoms with Crippen LogP contribution in [0.15, 0.2) is 41.4 Å². The molecule has 20 heavy (non-hydrogen) atoms. The number of aldehydes is 1. The van der Waals surface area contributed by atoms with E-state index in [4.69, 9.17) is 11.1 Å². The van der Waals surface area contributed by atoms with E-state index >= 15 is 0 Å². The highest BCUT2D eigenvalue weighted by Gasteiger charge is 2.12. The van der Waals surface area contributed by atoms with Gasteiger partial charge in [-0.3, -0.25) is 5.41 Å². The van der Waals surface area contributed by atoms with Crippen LogP contribution in [-0.4, -0.2) is 29.6 Å². The first-order valence-corrected chi connectivity index (χ1v) is 7.25. The van der Waals surface area contributed by atoms with Gasteiger partial charge in [0, 0.05) is 17.2 Å². The van der Waals surface area contributed by atoms with Crippen molar-refractivity contribution in [3.05, 3.63) is 42.1 Å². The fraction of sp³-hybridized carbons (Fsp3) is 0.0714. The number of hydrogen-bond acceptors (Lipinski definition) is 2. The van der Waals surface area contributed by atoms with E-state index in [0.29, 0.717) is 20.4 Å². The van der Waals surface area contributed by atoms with E-state index in [2.05, 4.69) is 9.98 Å². The summed E-state index contributed by atoms with van der Waals surface area (Å²) >= 11 is 0. The number of H-pyrrole nitrogens is 1. The first kappa shape index (κ1) is 14.2. The second kappa shape index (κ2) is 6.78. The van der Waals surface area contributed by atoms with Crippen molar-refractivity contribution in [2.75, 3.05) is 6.16 Å². The molecule has 0 bridgehead atoms. The van der Waals surface area contributed by atoms with Gasteiger partial charge < -0.3 is 15.5 Å². The average Bonchev–Trinajstić information content (AvgIpc) is 2.90. The summed E-state index contributed by atoms with van der Waals surface area (Å²) in [6.45, 7) is 0. The molecule has 0 aliphatic heterocycles. The van der Waals surface area contributed by atoms with Crippen LogP contribution in [0, 0.1) is 5.41 Å². The molecule has 0 amide bonds. The minimum Gasteiger partial charge on any atom is -0.382 e. The van der Waals surface area contributed by atoms with E-state index in [9.17, 15) is 4.79 Å². The molecule has 2 rings (SSSR count). The third kappa shape index (κ3) is 3.19. The quantitative estimate of drug-likeness (QED) is 0.325. The van der Waals surface area contributed by atoms with Gasteiger partial charge in [0.15, 0.2) is 0 Å². The molecular weight excluding hydrogens is 271 g/mol. The van der Waals surface area contributed by atoms with Crippen LogP contribution in [0.25, 0.3) is 11.1 Å². The fourth-order valence-electron chi connectivity index (χ4n) is 1.88. The molecule has 1 aromatic carbocycles.